The van der Waals surface area contributed by atoms with E-state index in [2.05, 4.69) is 15.5 Å². The number of aryl methyl sites for hydroxylation is 1. The lowest BCUT2D eigenvalue weighted by molar-refractivity contribution is 0.00578. The van der Waals surface area contributed by atoms with Crippen molar-refractivity contribution in [2.24, 2.45) is 0 Å². The summed E-state index contributed by atoms with van der Waals surface area (Å²) in [6, 6.07) is 5.62. The van der Waals surface area contributed by atoms with Crippen molar-refractivity contribution in [2.75, 3.05) is 6.67 Å². The van der Waals surface area contributed by atoms with E-state index in [4.69, 9.17) is 13.8 Å². The molecule has 3 rings (SSSR count). The molecule has 0 saturated carbocycles. The molecule has 0 spiro atoms. The molecule has 0 aliphatic carbocycles. The Kier molecular flexibility index (Phi) is 6.45. The van der Waals surface area contributed by atoms with Crippen molar-refractivity contribution in [3.05, 3.63) is 41.0 Å². The number of benzene rings is 1. The molecule has 0 radical (unpaired) electrons. The molecule has 174 valence electrons. The van der Waals surface area contributed by atoms with Gasteiger partial charge in [0.05, 0.1) is 11.2 Å². The van der Waals surface area contributed by atoms with Crippen LogP contribution in [0.15, 0.2) is 22.7 Å². The van der Waals surface area contributed by atoms with Crippen molar-refractivity contribution in [1.82, 2.24) is 15.5 Å². The van der Waals surface area contributed by atoms with Gasteiger partial charge >= 0.3 is 7.12 Å². The van der Waals surface area contributed by atoms with Crippen molar-refractivity contribution in [3.8, 4) is 0 Å². The Balaban J connectivity index is 1.66. The third-order valence-electron chi connectivity index (χ3n) is 6.21. The van der Waals surface area contributed by atoms with Gasteiger partial charge in [-0.15, -0.1) is 0 Å². The lowest BCUT2D eigenvalue weighted by atomic mass is 9.78. The standard InChI is InChI=1S/C21H27BF3N3O4/c1-12-9-14(22-31-19(2,3)20(4,5)32-22)8-7-13(12)10-26-16(29)15-27-18(30-28-15)21(6,11-23)17(24)25/h7-9,17H,10-11H2,1-6H3,(H,26,29). The number of halogens is 3. The molecule has 1 aliphatic rings. The first-order chi connectivity index (χ1) is 14.8. The summed E-state index contributed by atoms with van der Waals surface area (Å²) in [5.41, 5.74) is -0.589. The van der Waals surface area contributed by atoms with Crippen LogP contribution in [0.3, 0.4) is 0 Å². The van der Waals surface area contributed by atoms with Crippen LogP contribution in [0.5, 0.6) is 0 Å². The highest BCUT2D eigenvalue weighted by Gasteiger charge is 2.51. The second-order valence-electron chi connectivity index (χ2n) is 9.23. The van der Waals surface area contributed by atoms with Gasteiger partial charge < -0.3 is 19.1 Å². The van der Waals surface area contributed by atoms with Gasteiger partial charge in [-0.1, -0.05) is 23.4 Å². The fourth-order valence-electron chi connectivity index (χ4n) is 3.05. The van der Waals surface area contributed by atoms with E-state index in [1.807, 2.05) is 52.8 Å². The SMILES string of the molecule is Cc1cc(B2OC(C)(C)C(C)(C)O2)ccc1CNC(=O)c1noc(C(C)(CF)C(F)F)n1. The molecule has 1 aromatic heterocycles. The number of hydrogen-bond acceptors (Lipinski definition) is 6. The van der Waals surface area contributed by atoms with Crippen molar-refractivity contribution >= 4 is 18.5 Å². The summed E-state index contributed by atoms with van der Waals surface area (Å²) in [6.45, 7) is 9.50. The van der Waals surface area contributed by atoms with Crippen LogP contribution in [0, 0.1) is 6.92 Å². The van der Waals surface area contributed by atoms with Gasteiger partial charge in [0.2, 0.25) is 5.89 Å². The molecule has 2 aromatic rings. The van der Waals surface area contributed by atoms with E-state index in [0.29, 0.717) is 0 Å². The minimum absolute atomic E-state index is 0.146. The lowest BCUT2D eigenvalue weighted by Gasteiger charge is -2.32. The molecular formula is C21H27BF3N3O4. The monoisotopic (exact) mass is 453 g/mol. The summed E-state index contributed by atoms with van der Waals surface area (Å²) in [7, 11) is -0.500. The maximum atomic E-state index is 13.1. The summed E-state index contributed by atoms with van der Waals surface area (Å²) in [5.74, 6) is -1.78. The second kappa shape index (κ2) is 8.51. The lowest BCUT2D eigenvalue weighted by Crippen LogP contribution is -2.41. The molecule has 32 heavy (non-hydrogen) atoms. The number of hydrogen-bond donors (Lipinski definition) is 1. The number of rotatable bonds is 7. The number of nitrogens with zero attached hydrogens (tertiary/aromatic N) is 2. The average molecular weight is 453 g/mol. The smallest absolute Gasteiger partial charge is 0.399 e. The second-order valence-corrected chi connectivity index (χ2v) is 9.23. The molecule has 1 aliphatic heterocycles. The van der Waals surface area contributed by atoms with Crippen molar-refractivity contribution in [1.29, 1.82) is 0 Å². The number of alkyl halides is 3. The van der Waals surface area contributed by atoms with E-state index in [9.17, 15) is 18.0 Å². The summed E-state index contributed by atoms with van der Waals surface area (Å²) in [6.07, 6.45) is -3.06. The largest absolute Gasteiger partial charge is 0.494 e. The van der Waals surface area contributed by atoms with E-state index in [1.165, 1.54) is 0 Å². The predicted molar refractivity (Wildman–Crippen MR) is 112 cm³/mol. The van der Waals surface area contributed by atoms with Gasteiger partial charge in [-0.2, -0.15) is 4.98 Å². The first-order valence-electron chi connectivity index (χ1n) is 10.2. The quantitative estimate of drug-likeness (QED) is 0.649. The Morgan fingerprint density at radius 2 is 1.84 bits per heavy atom. The zero-order valence-electron chi connectivity index (χ0n) is 19.0. The predicted octanol–water partition coefficient (Wildman–Crippen LogP) is 3.10. The molecule has 1 aromatic carbocycles. The fourth-order valence-corrected chi connectivity index (χ4v) is 3.05. The molecule has 1 amide bonds. The van der Waals surface area contributed by atoms with Gasteiger partial charge in [-0.3, -0.25) is 4.79 Å². The fraction of sp³-hybridized carbons (Fsp3) is 0.571. The van der Waals surface area contributed by atoms with Crippen LogP contribution in [-0.4, -0.2) is 47.5 Å². The van der Waals surface area contributed by atoms with Crippen LogP contribution >= 0.6 is 0 Å². The minimum Gasteiger partial charge on any atom is -0.399 e. The van der Waals surface area contributed by atoms with Crippen LogP contribution in [0.2, 0.25) is 0 Å². The molecule has 11 heteroatoms. The van der Waals surface area contributed by atoms with Crippen LogP contribution in [0.1, 0.15) is 62.3 Å². The van der Waals surface area contributed by atoms with Crippen molar-refractivity contribution < 1.29 is 31.8 Å². The van der Waals surface area contributed by atoms with E-state index in [-0.39, 0.29) is 6.54 Å². The molecule has 1 fully saturated rings. The van der Waals surface area contributed by atoms with Crippen LogP contribution in [0.4, 0.5) is 13.2 Å². The number of carbonyl (C=O) groups is 1. The zero-order valence-corrected chi connectivity index (χ0v) is 19.0. The summed E-state index contributed by atoms with van der Waals surface area (Å²) in [4.78, 5) is 16.0. The summed E-state index contributed by atoms with van der Waals surface area (Å²) < 4.78 is 56.2. The summed E-state index contributed by atoms with van der Waals surface area (Å²) in [5, 5.41) is 6.03. The molecule has 1 unspecified atom stereocenters. The maximum absolute atomic E-state index is 13.1. The highest BCUT2D eigenvalue weighted by Crippen LogP contribution is 2.36. The maximum Gasteiger partial charge on any atom is 0.494 e. The minimum atomic E-state index is -3.06. The van der Waals surface area contributed by atoms with E-state index in [0.717, 1.165) is 23.5 Å². The Morgan fingerprint density at radius 3 is 2.38 bits per heavy atom. The molecule has 1 saturated heterocycles. The Hall–Kier alpha value is -2.40. The molecule has 0 bridgehead atoms. The molecule has 1 atom stereocenters. The van der Waals surface area contributed by atoms with Gasteiger partial charge in [0, 0.05) is 6.54 Å². The van der Waals surface area contributed by atoms with Crippen LogP contribution < -0.4 is 10.8 Å². The van der Waals surface area contributed by atoms with Crippen molar-refractivity contribution in [2.45, 2.75) is 71.1 Å². The molecular weight excluding hydrogens is 426 g/mol. The highest BCUT2D eigenvalue weighted by molar-refractivity contribution is 6.62. The molecule has 2 heterocycles. The van der Waals surface area contributed by atoms with Gasteiger partial charge in [0.25, 0.3) is 18.2 Å². The van der Waals surface area contributed by atoms with Gasteiger partial charge in [-0.25, -0.2) is 13.2 Å². The first kappa shape index (κ1) is 24.3. The number of carbonyl (C=O) groups excluding carboxylic acids is 1. The van der Waals surface area contributed by atoms with E-state index in [1.54, 1.807) is 0 Å². The zero-order chi connectivity index (χ0) is 23.9. The van der Waals surface area contributed by atoms with Crippen molar-refractivity contribution in [3.63, 3.8) is 0 Å². The number of amides is 1. The Morgan fingerprint density at radius 1 is 1.22 bits per heavy atom. The Bertz CT molecular complexity index is 982. The number of aromatic nitrogens is 2. The van der Waals surface area contributed by atoms with Gasteiger partial charge in [0.15, 0.2) is 0 Å². The topological polar surface area (TPSA) is 86.5 Å². The third kappa shape index (κ3) is 4.40. The Labute approximate surface area is 185 Å². The average Bonchev–Trinajstić information content (AvgIpc) is 3.29. The molecule has 1 N–H and O–H groups in total. The van der Waals surface area contributed by atoms with E-state index < -0.39 is 54.5 Å². The molecule has 7 nitrogen and oxygen atoms in total. The van der Waals surface area contributed by atoms with Gasteiger partial charge in [0.1, 0.15) is 12.1 Å². The summed E-state index contributed by atoms with van der Waals surface area (Å²) >= 11 is 0. The highest BCUT2D eigenvalue weighted by atomic mass is 19.3. The van der Waals surface area contributed by atoms with Crippen LogP contribution in [-0.2, 0) is 21.3 Å². The number of nitrogens with one attached hydrogen (secondary N) is 1. The van der Waals surface area contributed by atoms with Gasteiger partial charge in [-0.05, 0) is 58.1 Å². The van der Waals surface area contributed by atoms with Crippen LogP contribution in [0.25, 0.3) is 0 Å². The normalized spacial score (nSPS) is 19.2. The third-order valence-corrected chi connectivity index (χ3v) is 6.21. The first-order valence-corrected chi connectivity index (χ1v) is 10.2. The van der Waals surface area contributed by atoms with E-state index >= 15 is 0 Å².